The number of halogens is 2. The first-order valence-electron chi connectivity index (χ1n) is 4.84. The minimum absolute atomic E-state index is 0.174. The van der Waals surface area contributed by atoms with Crippen LogP contribution in [0, 0.1) is 0 Å². The van der Waals surface area contributed by atoms with E-state index in [0.717, 1.165) is 5.56 Å². The Balaban J connectivity index is 2.32. The normalized spacial score (nSPS) is 17.4. The number of carbonyl (C=O) groups excluding carboxylic acids is 2. The number of hydrogen-bond donors (Lipinski definition) is 1. The summed E-state index contributed by atoms with van der Waals surface area (Å²) in [5, 5.41) is 3.35. The third-order valence-electron chi connectivity index (χ3n) is 2.54. The molecule has 0 bridgehead atoms. The molecule has 1 saturated heterocycles. The smallest absolute Gasteiger partial charge is 0.227 e. The van der Waals surface area contributed by atoms with E-state index in [1.54, 1.807) is 18.2 Å². The topological polar surface area (TPSA) is 46.2 Å². The summed E-state index contributed by atoms with van der Waals surface area (Å²) in [6, 6.07) is 5.06. The van der Waals surface area contributed by atoms with Crippen molar-refractivity contribution in [1.29, 1.82) is 0 Å². The van der Waals surface area contributed by atoms with Crippen molar-refractivity contribution in [1.82, 2.24) is 5.32 Å². The Kier molecular flexibility index (Phi) is 3.17. The van der Waals surface area contributed by atoms with E-state index < -0.39 is 0 Å². The lowest BCUT2D eigenvalue weighted by molar-refractivity contribution is -0.133. The summed E-state index contributed by atoms with van der Waals surface area (Å²) in [5.74, 6) is -0.706. The molecule has 1 heterocycles. The van der Waals surface area contributed by atoms with Crippen LogP contribution in [0.5, 0.6) is 0 Å². The lowest BCUT2D eigenvalue weighted by Crippen LogP contribution is -2.37. The highest BCUT2D eigenvalue weighted by Gasteiger charge is 2.27. The zero-order chi connectivity index (χ0) is 11.7. The van der Waals surface area contributed by atoms with Gasteiger partial charge in [-0.2, -0.15) is 0 Å². The zero-order valence-electron chi connectivity index (χ0n) is 8.30. The maximum atomic E-state index is 11.2. The fraction of sp³-hybridized carbons (Fsp3) is 0.273. The lowest BCUT2D eigenvalue weighted by Gasteiger charge is -2.22. The third kappa shape index (κ3) is 2.36. The highest BCUT2D eigenvalue weighted by Crippen LogP contribution is 2.33. The van der Waals surface area contributed by atoms with Gasteiger partial charge in [-0.05, 0) is 23.8 Å². The molecule has 2 rings (SSSR count). The van der Waals surface area contributed by atoms with Crippen LogP contribution in [-0.2, 0) is 9.59 Å². The van der Waals surface area contributed by atoms with Gasteiger partial charge in [0, 0.05) is 28.8 Å². The van der Waals surface area contributed by atoms with E-state index in [0.29, 0.717) is 10.0 Å². The van der Waals surface area contributed by atoms with Crippen LogP contribution in [-0.4, -0.2) is 11.8 Å². The first-order valence-corrected chi connectivity index (χ1v) is 5.59. The van der Waals surface area contributed by atoms with Gasteiger partial charge < -0.3 is 0 Å². The summed E-state index contributed by atoms with van der Waals surface area (Å²) in [4.78, 5) is 22.5. The van der Waals surface area contributed by atoms with E-state index in [4.69, 9.17) is 23.2 Å². The third-order valence-corrected chi connectivity index (χ3v) is 3.12. The molecule has 0 radical (unpaired) electrons. The van der Waals surface area contributed by atoms with Crippen LogP contribution in [0.4, 0.5) is 0 Å². The Bertz CT molecular complexity index is 443. The number of imide groups is 1. The van der Waals surface area contributed by atoms with Crippen molar-refractivity contribution in [2.45, 2.75) is 18.8 Å². The van der Waals surface area contributed by atoms with Gasteiger partial charge in [0.05, 0.1) is 0 Å². The minimum Gasteiger partial charge on any atom is -0.296 e. The SMILES string of the molecule is O=C1CC(c2cc(Cl)ccc2Cl)CC(=O)N1. The van der Waals surface area contributed by atoms with Crippen molar-refractivity contribution < 1.29 is 9.59 Å². The Hall–Kier alpha value is -1.06. The minimum atomic E-state index is -0.266. The van der Waals surface area contributed by atoms with E-state index in [1.165, 1.54) is 0 Å². The Morgan fingerprint density at radius 2 is 1.75 bits per heavy atom. The lowest BCUT2D eigenvalue weighted by atomic mass is 9.89. The van der Waals surface area contributed by atoms with Crippen molar-refractivity contribution in [3.8, 4) is 0 Å². The van der Waals surface area contributed by atoms with E-state index in [2.05, 4.69) is 5.32 Å². The number of hydrogen-bond acceptors (Lipinski definition) is 2. The zero-order valence-corrected chi connectivity index (χ0v) is 9.81. The van der Waals surface area contributed by atoms with Crippen LogP contribution in [0.15, 0.2) is 18.2 Å². The standard InChI is InChI=1S/C11H9Cl2NO2/c12-7-1-2-9(13)8(5-7)6-3-10(15)14-11(16)4-6/h1-2,5-6H,3-4H2,(H,14,15,16). The first kappa shape index (κ1) is 11.4. The van der Waals surface area contributed by atoms with Gasteiger partial charge in [-0.3, -0.25) is 14.9 Å². The fourth-order valence-electron chi connectivity index (χ4n) is 1.82. The fourth-order valence-corrected chi connectivity index (χ4v) is 2.28. The van der Waals surface area contributed by atoms with E-state index >= 15 is 0 Å². The maximum absolute atomic E-state index is 11.2. The number of carbonyl (C=O) groups is 2. The molecule has 84 valence electrons. The van der Waals surface area contributed by atoms with Crippen molar-refractivity contribution in [2.75, 3.05) is 0 Å². The van der Waals surface area contributed by atoms with Crippen LogP contribution in [0.25, 0.3) is 0 Å². The van der Waals surface area contributed by atoms with Gasteiger partial charge in [0.1, 0.15) is 0 Å². The molecule has 0 aromatic heterocycles. The second kappa shape index (κ2) is 4.44. The molecule has 16 heavy (non-hydrogen) atoms. The van der Waals surface area contributed by atoms with E-state index in [1.807, 2.05) is 0 Å². The number of rotatable bonds is 1. The van der Waals surface area contributed by atoms with Crippen molar-refractivity contribution in [2.24, 2.45) is 0 Å². The molecule has 1 fully saturated rings. The Morgan fingerprint density at radius 3 is 2.38 bits per heavy atom. The van der Waals surface area contributed by atoms with Gasteiger partial charge >= 0.3 is 0 Å². The number of nitrogens with one attached hydrogen (secondary N) is 1. The molecule has 1 aromatic carbocycles. The molecule has 1 aliphatic heterocycles. The van der Waals surface area contributed by atoms with Crippen LogP contribution in [0.3, 0.4) is 0 Å². The predicted octanol–water partition coefficient (Wildman–Crippen LogP) is 2.51. The second-order valence-electron chi connectivity index (χ2n) is 3.74. The highest BCUT2D eigenvalue weighted by atomic mass is 35.5. The van der Waals surface area contributed by atoms with Gasteiger partial charge in [0.25, 0.3) is 0 Å². The number of amides is 2. The molecule has 0 atom stereocenters. The van der Waals surface area contributed by atoms with E-state index in [9.17, 15) is 9.59 Å². The summed E-state index contributed by atoms with van der Waals surface area (Å²) < 4.78 is 0. The quantitative estimate of drug-likeness (QED) is 0.786. The molecule has 5 heteroatoms. The van der Waals surface area contributed by atoms with Crippen LogP contribution in [0.1, 0.15) is 24.3 Å². The first-order chi connectivity index (χ1) is 7.56. The molecule has 0 unspecified atom stereocenters. The largest absolute Gasteiger partial charge is 0.296 e. The Morgan fingerprint density at radius 1 is 1.12 bits per heavy atom. The molecular weight excluding hydrogens is 249 g/mol. The van der Waals surface area contributed by atoms with Crippen molar-refractivity contribution >= 4 is 35.0 Å². The van der Waals surface area contributed by atoms with E-state index in [-0.39, 0.29) is 30.6 Å². The van der Waals surface area contributed by atoms with Crippen molar-refractivity contribution in [3.63, 3.8) is 0 Å². The summed E-state index contributed by atoms with van der Waals surface area (Å²) in [5.41, 5.74) is 0.761. The average Bonchev–Trinajstić information content (AvgIpc) is 2.20. The summed E-state index contributed by atoms with van der Waals surface area (Å²) in [6.07, 6.45) is 0.539. The second-order valence-corrected chi connectivity index (χ2v) is 4.59. The van der Waals surface area contributed by atoms with Crippen LogP contribution < -0.4 is 5.32 Å². The number of benzene rings is 1. The van der Waals surface area contributed by atoms with Gasteiger partial charge in [-0.15, -0.1) is 0 Å². The molecule has 1 aliphatic rings. The van der Waals surface area contributed by atoms with Gasteiger partial charge in [-0.25, -0.2) is 0 Å². The van der Waals surface area contributed by atoms with Gasteiger partial charge in [-0.1, -0.05) is 23.2 Å². The number of piperidine rings is 1. The molecule has 0 spiro atoms. The maximum Gasteiger partial charge on any atom is 0.227 e. The highest BCUT2D eigenvalue weighted by molar-refractivity contribution is 6.33. The van der Waals surface area contributed by atoms with Crippen LogP contribution in [0.2, 0.25) is 10.0 Å². The summed E-state index contributed by atoms with van der Waals surface area (Å²) in [7, 11) is 0. The molecule has 1 N–H and O–H groups in total. The predicted molar refractivity (Wildman–Crippen MR) is 61.6 cm³/mol. The van der Waals surface area contributed by atoms with Gasteiger partial charge in [0.2, 0.25) is 11.8 Å². The average molecular weight is 258 g/mol. The monoisotopic (exact) mass is 257 g/mol. The summed E-state index contributed by atoms with van der Waals surface area (Å²) >= 11 is 11.9. The molecular formula is C11H9Cl2NO2. The summed E-state index contributed by atoms with van der Waals surface area (Å²) in [6.45, 7) is 0. The van der Waals surface area contributed by atoms with Crippen molar-refractivity contribution in [3.05, 3.63) is 33.8 Å². The molecule has 2 amide bonds. The van der Waals surface area contributed by atoms with Crippen LogP contribution >= 0.6 is 23.2 Å². The molecule has 0 aliphatic carbocycles. The molecule has 3 nitrogen and oxygen atoms in total. The molecule has 0 saturated carbocycles. The molecule has 1 aromatic rings. The Labute approximate surface area is 103 Å². The van der Waals surface area contributed by atoms with Gasteiger partial charge in [0.15, 0.2) is 0 Å².